The zero-order chi connectivity index (χ0) is 18.6. The summed E-state index contributed by atoms with van der Waals surface area (Å²) in [4.78, 5) is 0. The van der Waals surface area contributed by atoms with E-state index in [1.807, 2.05) is 0 Å². The van der Waals surface area contributed by atoms with Gasteiger partial charge in [0.1, 0.15) is 8.07 Å². The van der Waals surface area contributed by atoms with Crippen LogP contribution in [0.2, 0.25) is 19.6 Å². The van der Waals surface area contributed by atoms with Gasteiger partial charge in [0.15, 0.2) is 0 Å². The lowest BCUT2D eigenvalue weighted by Crippen LogP contribution is -2.42. The van der Waals surface area contributed by atoms with Gasteiger partial charge < -0.3 is 0 Å². The summed E-state index contributed by atoms with van der Waals surface area (Å²) in [6.45, 7) is 10.2. The van der Waals surface area contributed by atoms with Gasteiger partial charge in [0.2, 0.25) is 0 Å². The minimum absolute atomic E-state index is 0.172. The summed E-state index contributed by atoms with van der Waals surface area (Å²) < 4.78 is 2.17. The van der Waals surface area contributed by atoms with Gasteiger partial charge in [-0.3, -0.25) is 0 Å². The van der Waals surface area contributed by atoms with E-state index >= 15 is 0 Å². The Balaban J connectivity index is 2.22. The Hall–Kier alpha value is -2.20. The number of nitrogens with zero attached hydrogens (tertiary/aromatic N) is 3. The average Bonchev–Trinajstić information content (AvgIpc) is 3.06. The van der Waals surface area contributed by atoms with Crippen molar-refractivity contribution in [3.63, 3.8) is 0 Å². The van der Waals surface area contributed by atoms with Crippen molar-refractivity contribution in [2.75, 3.05) is 0 Å². The predicted molar refractivity (Wildman–Crippen MR) is 112 cm³/mol. The third-order valence-electron chi connectivity index (χ3n) is 4.75. The van der Waals surface area contributed by atoms with E-state index in [4.69, 9.17) is 0 Å². The maximum atomic E-state index is 4.69. The molecule has 3 rings (SSSR count). The van der Waals surface area contributed by atoms with E-state index in [-0.39, 0.29) is 5.92 Å². The second-order valence-electron chi connectivity index (χ2n) is 7.90. The van der Waals surface area contributed by atoms with Crippen LogP contribution in [-0.4, -0.2) is 23.1 Å². The fourth-order valence-electron chi connectivity index (χ4n) is 3.41. The van der Waals surface area contributed by atoms with Crippen LogP contribution in [0, 0.1) is 0 Å². The molecule has 0 saturated heterocycles. The molecular formula is C22H29N3Si. The highest BCUT2D eigenvalue weighted by atomic mass is 28.3. The van der Waals surface area contributed by atoms with Crippen molar-refractivity contribution < 1.29 is 0 Å². The Kier molecular flexibility index (Phi) is 5.72. The van der Waals surface area contributed by atoms with Crippen molar-refractivity contribution in [2.24, 2.45) is 0 Å². The van der Waals surface area contributed by atoms with E-state index in [2.05, 4.69) is 102 Å². The van der Waals surface area contributed by atoms with Crippen molar-refractivity contribution >= 4 is 13.4 Å². The van der Waals surface area contributed by atoms with Crippen LogP contribution in [0.25, 0.3) is 0 Å². The molecule has 1 aromatic heterocycles. The molecule has 0 aliphatic heterocycles. The van der Waals surface area contributed by atoms with Crippen LogP contribution in [0.4, 0.5) is 0 Å². The maximum absolute atomic E-state index is 4.69. The smallest absolute Gasteiger partial charge is 0.106 e. The summed E-state index contributed by atoms with van der Waals surface area (Å²) in [5.41, 5.74) is 3.89. The molecule has 0 unspecified atom stereocenters. The molecule has 0 spiro atoms. The standard InChI is InChI=1S/C22H29N3Si/c1-5-6-17-25-21(22(23-24-25)26(2,3)4)20(18-13-9-7-10-14-18)19-15-11-8-12-16-19/h7-16,20H,5-6,17H2,1-4H3. The van der Waals surface area contributed by atoms with E-state index in [0.717, 1.165) is 19.4 Å². The number of hydrogen-bond acceptors (Lipinski definition) is 2. The summed E-state index contributed by atoms with van der Waals surface area (Å²) in [7, 11) is -1.62. The molecule has 0 saturated carbocycles. The Morgan fingerprint density at radius 3 is 1.88 bits per heavy atom. The van der Waals surface area contributed by atoms with Gasteiger partial charge in [-0.2, -0.15) is 0 Å². The van der Waals surface area contributed by atoms with Gasteiger partial charge in [-0.05, 0) is 17.5 Å². The monoisotopic (exact) mass is 363 g/mol. The first-order valence-corrected chi connectivity index (χ1v) is 13.1. The molecule has 0 amide bonds. The Morgan fingerprint density at radius 2 is 1.42 bits per heavy atom. The Bertz CT molecular complexity index is 780. The number of benzene rings is 2. The summed E-state index contributed by atoms with van der Waals surface area (Å²) >= 11 is 0. The molecule has 0 aliphatic rings. The zero-order valence-corrected chi connectivity index (χ0v) is 17.3. The van der Waals surface area contributed by atoms with E-state index in [1.54, 1.807) is 0 Å². The predicted octanol–water partition coefficient (Wildman–Crippen LogP) is 4.80. The SMILES string of the molecule is CCCCn1nnc([Si](C)(C)C)c1C(c1ccccc1)c1ccccc1. The fourth-order valence-corrected chi connectivity index (χ4v) is 4.80. The Morgan fingerprint density at radius 1 is 0.885 bits per heavy atom. The summed E-state index contributed by atoms with van der Waals surface area (Å²) in [5, 5.41) is 10.5. The molecule has 3 nitrogen and oxygen atoms in total. The lowest BCUT2D eigenvalue weighted by Gasteiger charge is -2.24. The summed E-state index contributed by atoms with van der Waals surface area (Å²) in [6, 6.07) is 21.6. The lowest BCUT2D eigenvalue weighted by atomic mass is 9.88. The first kappa shape index (κ1) is 18.6. The topological polar surface area (TPSA) is 30.7 Å². The van der Waals surface area contributed by atoms with E-state index < -0.39 is 8.07 Å². The second kappa shape index (κ2) is 8.00. The minimum Gasteiger partial charge on any atom is -0.249 e. The van der Waals surface area contributed by atoms with Crippen molar-refractivity contribution in [3.8, 4) is 0 Å². The molecule has 0 atom stereocenters. The lowest BCUT2D eigenvalue weighted by molar-refractivity contribution is 0.529. The fraction of sp³-hybridized carbons (Fsp3) is 0.364. The largest absolute Gasteiger partial charge is 0.249 e. The molecule has 0 radical (unpaired) electrons. The van der Waals surface area contributed by atoms with E-state index in [9.17, 15) is 0 Å². The molecule has 136 valence electrons. The minimum atomic E-state index is -1.62. The quantitative estimate of drug-likeness (QED) is 0.564. The second-order valence-corrected chi connectivity index (χ2v) is 12.9. The van der Waals surface area contributed by atoms with Crippen LogP contribution in [0.5, 0.6) is 0 Å². The van der Waals surface area contributed by atoms with Gasteiger partial charge in [-0.1, -0.05) is 98.9 Å². The van der Waals surface area contributed by atoms with Crippen LogP contribution >= 0.6 is 0 Å². The maximum Gasteiger partial charge on any atom is 0.106 e. The number of rotatable bonds is 7. The van der Waals surface area contributed by atoms with E-state index in [0.29, 0.717) is 0 Å². The van der Waals surface area contributed by atoms with Gasteiger partial charge in [0.05, 0.1) is 16.9 Å². The highest BCUT2D eigenvalue weighted by Gasteiger charge is 2.32. The van der Waals surface area contributed by atoms with Crippen molar-refractivity contribution in [3.05, 3.63) is 77.5 Å². The van der Waals surface area contributed by atoms with E-state index in [1.165, 1.54) is 22.1 Å². The first-order chi connectivity index (χ1) is 12.5. The number of aromatic nitrogens is 3. The molecule has 1 heterocycles. The van der Waals surface area contributed by atoms with Crippen LogP contribution in [0.15, 0.2) is 60.7 Å². The van der Waals surface area contributed by atoms with Crippen molar-refractivity contribution in [2.45, 2.75) is 51.9 Å². The van der Waals surface area contributed by atoms with Crippen LogP contribution in [0.1, 0.15) is 42.5 Å². The molecule has 0 fully saturated rings. The Labute approximate surface area is 158 Å². The van der Waals surface area contributed by atoms with Gasteiger partial charge in [0, 0.05) is 6.54 Å². The van der Waals surface area contributed by atoms with Crippen LogP contribution < -0.4 is 5.32 Å². The molecule has 3 aromatic rings. The number of unbranched alkanes of at least 4 members (excludes halogenated alkanes) is 1. The normalized spacial score (nSPS) is 11.9. The zero-order valence-electron chi connectivity index (χ0n) is 16.3. The molecular weight excluding hydrogens is 334 g/mol. The number of hydrogen-bond donors (Lipinski definition) is 0. The van der Waals surface area contributed by atoms with Gasteiger partial charge >= 0.3 is 0 Å². The van der Waals surface area contributed by atoms with Crippen molar-refractivity contribution in [1.82, 2.24) is 15.0 Å². The number of aryl methyl sites for hydroxylation is 1. The molecule has 0 bridgehead atoms. The third kappa shape index (κ3) is 3.96. The van der Waals surface area contributed by atoms with Gasteiger partial charge in [-0.25, -0.2) is 4.68 Å². The van der Waals surface area contributed by atoms with Crippen LogP contribution in [0.3, 0.4) is 0 Å². The first-order valence-electron chi connectivity index (χ1n) is 9.56. The van der Waals surface area contributed by atoms with Gasteiger partial charge in [0.25, 0.3) is 0 Å². The highest BCUT2D eigenvalue weighted by molar-refractivity contribution is 6.88. The van der Waals surface area contributed by atoms with Crippen molar-refractivity contribution in [1.29, 1.82) is 0 Å². The molecule has 26 heavy (non-hydrogen) atoms. The highest BCUT2D eigenvalue weighted by Crippen LogP contribution is 2.31. The third-order valence-corrected chi connectivity index (χ3v) is 6.52. The average molecular weight is 364 g/mol. The molecule has 2 aromatic carbocycles. The van der Waals surface area contributed by atoms with Crippen LogP contribution in [-0.2, 0) is 6.54 Å². The molecule has 4 heteroatoms. The molecule has 0 aliphatic carbocycles. The summed E-state index contributed by atoms with van der Waals surface area (Å²) in [6.07, 6.45) is 2.28. The molecule has 0 N–H and O–H groups in total. The van der Waals surface area contributed by atoms with Gasteiger partial charge in [-0.15, -0.1) is 5.10 Å². The summed E-state index contributed by atoms with van der Waals surface area (Å²) in [5.74, 6) is 0.172.